The summed E-state index contributed by atoms with van der Waals surface area (Å²) in [5, 5.41) is 3.40. The Labute approximate surface area is 271 Å². The molecule has 4 aliphatic carbocycles. The Bertz CT molecular complexity index is 1040. The van der Waals surface area contributed by atoms with E-state index in [9.17, 15) is 9.59 Å². The van der Waals surface area contributed by atoms with Crippen molar-refractivity contribution in [1.29, 1.82) is 0 Å². The van der Waals surface area contributed by atoms with Crippen LogP contribution in [0.3, 0.4) is 0 Å². The predicted molar refractivity (Wildman–Crippen MR) is 183 cm³/mol. The minimum atomic E-state index is -0.327. The van der Waals surface area contributed by atoms with E-state index in [1.165, 1.54) is 51.4 Å². The fourth-order valence-electron chi connectivity index (χ4n) is 10.5. The van der Waals surface area contributed by atoms with Crippen LogP contribution in [-0.2, 0) is 14.3 Å². The van der Waals surface area contributed by atoms with Crippen molar-refractivity contribution in [3.8, 4) is 0 Å². The van der Waals surface area contributed by atoms with Gasteiger partial charge in [-0.25, -0.2) is 0 Å². The van der Waals surface area contributed by atoms with Crippen molar-refractivity contribution in [3.63, 3.8) is 0 Å². The maximum atomic E-state index is 13.6. The van der Waals surface area contributed by atoms with Crippen LogP contribution < -0.4 is 5.32 Å². The van der Waals surface area contributed by atoms with E-state index in [4.69, 9.17) is 4.74 Å². The summed E-state index contributed by atoms with van der Waals surface area (Å²) in [7, 11) is 0. The number of carbonyl (C=O) groups is 2. The number of rotatable bonds is 14. The lowest BCUT2D eigenvalue weighted by Gasteiger charge is -2.58. The normalized spacial score (nSPS) is 34.5. The van der Waals surface area contributed by atoms with E-state index >= 15 is 0 Å². The molecule has 0 spiro atoms. The number of allylic oxidation sites excluding steroid dienone is 2. The van der Waals surface area contributed by atoms with Crippen molar-refractivity contribution in [2.75, 3.05) is 6.61 Å². The second-order valence-electron chi connectivity index (χ2n) is 18.2. The van der Waals surface area contributed by atoms with Crippen LogP contribution in [0.15, 0.2) is 11.6 Å². The van der Waals surface area contributed by atoms with E-state index in [0.29, 0.717) is 18.4 Å². The number of amides is 1. The van der Waals surface area contributed by atoms with Gasteiger partial charge in [0.25, 0.3) is 0 Å². The minimum absolute atomic E-state index is 0.0782. The molecule has 8 atom stereocenters. The Kier molecular flexibility index (Phi) is 11.3. The van der Waals surface area contributed by atoms with E-state index in [1.54, 1.807) is 12.5 Å². The molecule has 0 radical (unpaired) electrons. The standard InChI is InChI=1S/C40H69NO3/c1-27(2)12-11-13-28(3)33-16-17-34-32-15-14-31-26-30(19-22-39(31,9)35(32)20-23-40(33,34)10)36(43)41-37(5,6)24-25-44-38(7,8)21-18-29(4)42/h14,27-28,30,32-35H,11-13,15-26H2,1-10H3,(H,41,43)/t28-,30?,32+,33-,34+,35+,39+,40-/m1/s1. The Hall–Kier alpha value is -1.16. The van der Waals surface area contributed by atoms with Crippen LogP contribution in [-0.4, -0.2) is 29.4 Å². The summed E-state index contributed by atoms with van der Waals surface area (Å²) in [5.74, 6) is 5.58. The summed E-state index contributed by atoms with van der Waals surface area (Å²) < 4.78 is 6.15. The Morgan fingerprint density at radius 3 is 2.39 bits per heavy atom. The largest absolute Gasteiger partial charge is 0.375 e. The molecule has 4 aliphatic rings. The number of hydrogen-bond acceptors (Lipinski definition) is 3. The zero-order valence-corrected chi connectivity index (χ0v) is 30.5. The molecule has 4 heteroatoms. The molecule has 252 valence electrons. The van der Waals surface area contributed by atoms with Gasteiger partial charge >= 0.3 is 0 Å². The summed E-state index contributed by atoms with van der Waals surface area (Å²) in [6.45, 7) is 23.1. The molecule has 0 aromatic carbocycles. The zero-order chi connectivity index (χ0) is 32.5. The first-order valence-electron chi connectivity index (χ1n) is 18.6. The quantitative estimate of drug-likeness (QED) is 0.199. The van der Waals surface area contributed by atoms with Crippen LogP contribution in [0.25, 0.3) is 0 Å². The van der Waals surface area contributed by atoms with Crippen LogP contribution in [0.2, 0.25) is 0 Å². The number of carbonyl (C=O) groups excluding carboxylic acids is 2. The number of ether oxygens (including phenoxy) is 1. The molecule has 0 bridgehead atoms. The Balaban J connectivity index is 1.33. The van der Waals surface area contributed by atoms with Crippen LogP contribution in [0.1, 0.15) is 159 Å². The highest BCUT2D eigenvalue weighted by atomic mass is 16.5. The molecule has 1 amide bonds. The summed E-state index contributed by atoms with van der Waals surface area (Å²) >= 11 is 0. The van der Waals surface area contributed by atoms with E-state index < -0.39 is 0 Å². The zero-order valence-electron chi connectivity index (χ0n) is 30.5. The third-order valence-corrected chi connectivity index (χ3v) is 13.4. The van der Waals surface area contributed by atoms with Crippen LogP contribution >= 0.6 is 0 Å². The van der Waals surface area contributed by atoms with Crippen LogP contribution in [0.5, 0.6) is 0 Å². The van der Waals surface area contributed by atoms with Crippen molar-refractivity contribution in [1.82, 2.24) is 5.32 Å². The van der Waals surface area contributed by atoms with Gasteiger partial charge in [-0.1, -0.05) is 65.5 Å². The molecule has 0 aliphatic heterocycles. The third kappa shape index (κ3) is 8.03. The SMILES string of the molecule is CC(=O)CCC(C)(C)OCCC(C)(C)NC(=O)C1CC[C@@]2(C)C(=CC[C@H]3[C@@H]4CC[C@H]([C@H](C)CCCC(C)C)[C@@]4(C)CC[C@@H]32)C1. The number of nitrogens with one attached hydrogen (secondary N) is 1. The van der Waals surface area contributed by atoms with Gasteiger partial charge < -0.3 is 14.8 Å². The lowest BCUT2D eigenvalue weighted by molar-refractivity contribution is -0.129. The van der Waals surface area contributed by atoms with Gasteiger partial charge in [-0.2, -0.15) is 0 Å². The Morgan fingerprint density at radius 2 is 1.70 bits per heavy atom. The van der Waals surface area contributed by atoms with Gasteiger partial charge in [0.05, 0.1) is 5.60 Å². The average molecular weight is 612 g/mol. The first-order valence-corrected chi connectivity index (χ1v) is 18.6. The number of hydrogen-bond donors (Lipinski definition) is 1. The molecule has 44 heavy (non-hydrogen) atoms. The second-order valence-corrected chi connectivity index (χ2v) is 18.2. The van der Waals surface area contributed by atoms with Gasteiger partial charge in [0, 0.05) is 24.5 Å². The Morgan fingerprint density at radius 1 is 0.977 bits per heavy atom. The molecular formula is C40H69NO3. The first-order chi connectivity index (χ1) is 20.5. The number of ketones is 1. The van der Waals surface area contributed by atoms with Gasteiger partial charge in [0.1, 0.15) is 5.78 Å². The second kappa shape index (κ2) is 13.9. The summed E-state index contributed by atoms with van der Waals surface area (Å²) in [4.78, 5) is 25.0. The van der Waals surface area contributed by atoms with Crippen molar-refractivity contribution in [3.05, 3.63) is 11.6 Å². The smallest absolute Gasteiger partial charge is 0.223 e. The maximum Gasteiger partial charge on any atom is 0.223 e. The van der Waals surface area contributed by atoms with E-state index in [0.717, 1.165) is 67.6 Å². The summed E-state index contributed by atoms with van der Waals surface area (Å²) in [5.41, 5.74) is 1.75. The van der Waals surface area contributed by atoms with E-state index in [-0.39, 0.29) is 34.2 Å². The lowest BCUT2D eigenvalue weighted by Crippen LogP contribution is -2.52. The molecule has 0 heterocycles. The topological polar surface area (TPSA) is 55.4 Å². The number of fused-ring (bicyclic) bond motifs is 5. The molecular weight excluding hydrogens is 542 g/mol. The highest BCUT2D eigenvalue weighted by Gasteiger charge is 2.59. The maximum absolute atomic E-state index is 13.6. The molecule has 0 saturated heterocycles. The van der Waals surface area contributed by atoms with E-state index in [2.05, 4.69) is 73.7 Å². The molecule has 0 aromatic heterocycles. The molecule has 0 aromatic rings. The van der Waals surface area contributed by atoms with Crippen molar-refractivity contribution in [2.45, 2.75) is 170 Å². The summed E-state index contributed by atoms with van der Waals surface area (Å²) in [6.07, 6.45) is 18.8. The van der Waals surface area contributed by atoms with Crippen molar-refractivity contribution >= 4 is 11.7 Å². The van der Waals surface area contributed by atoms with E-state index in [1.807, 2.05) is 0 Å². The monoisotopic (exact) mass is 612 g/mol. The van der Waals surface area contributed by atoms with Gasteiger partial charge in [0.15, 0.2) is 0 Å². The third-order valence-electron chi connectivity index (χ3n) is 13.4. The van der Waals surface area contributed by atoms with Gasteiger partial charge in [-0.05, 0) is 145 Å². The van der Waals surface area contributed by atoms with Crippen molar-refractivity contribution < 1.29 is 14.3 Å². The molecule has 4 rings (SSSR count). The predicted octanol–water partition coefficient (Wildman–Crippen LogP) is 10.1. The van der Waals surface area contributed by atoms with Gasteiger partial charge in [0.2, 0.25) is 5.91 Å². The van der Waals surface area contributed by atoms with Gasteiger partial charge in [-0.15, -0.1) is 0 Å². The molecule has 3 fully saturated rings. The minimum Gasteiger partial charge on any atom is -0.375 e. The van der Waals surface area contributed by atoms with Gasteiger partial charge in [-0.3, -0.25) is 4.79 Å². The summed E-state index contributed by atoms with van der Waals surface area (Å²) in [6, 6.07) is 0. The van der Waals surface area contributed by atoms with Crippen molar-refractivity contribution in [2.24, 2.45) is 52.3 Å². The first kappa shape index (κ1) is 35.7. The molecule has 1 N–H and O–H groups in total. The van der Waals surface area contributed by atoms with Crippen LogP contribution in [0, 0.1) is 52.3 Å². The average Bonchev–Trinajstić information content (AvgIpc) is 3.28. The fraction of sp³-hybridized carbons (Fsp3) is 0.900. The lowest BCUT2D eigenvalue weighted by atomic mass is 9.46. The number of Topliss-reactive ketones (excluding diaryl/α,β-unsaturated/α-hetero) is 1. The van der Waals surface area contributed by atoms with Crippen LogP contribution in [0.4, 0.5) is 0 Å². The molecule has 4 nitrogen and oxygen atoms in total. The highest BCUT2D eigenvalue weighted by Crippen LogP contribution is 2.67. The molecule has 1 unspecified atom stereocenters. The fourth-order valence-corrected chi connectivity index (χ4v) is 10.5. The molecule has 3 saturated carbocycles. The highest BCUT2D eigenvalue weighted by molar-refractivity contribution is 5.80.